The highest BCUT2D eigenvalue weighted by atomic mass is 32.2. The van der Waals surface area contributed by atoms with Crippen molar-refractivity contribution in [1.29, 1.82) is 0 Å². The molecule has 0 aliphatic carbocycles. The molecule has 1 heterocycles. The minimum atomic E-state index is -0.886. The maximum atomic E-state index is 13.4. The Balaban J connectivity index is 2.48. The van der Waals surface area contributed by atoms with Gasteiger partial charge >= 0.3 is 5.97 Å². The van der Waals surface area contributed by atoms with Crippen LogP contribution >= 0.6 is 11.8 Å². The number of hydrogen-bond donors (Lipinski definition) is 1. The van der Waals surface area contributed by atoms with Crippen molar-refractivity contribution in [1.82, 2.24) is 9.55 Å². The zero-order valence-electron chi connectivity index (χ0n) is 11.5. The molecule has 0 radical (unpaired) electrons. The monoisotopic (exact) mass is 296 g/mol. The van der Waals surface area contributed by atoms with Gasteiger partial charge < -0.3 is 9.67 Å². The molecular weight excluding hydrogens is 279 g/mol. The molecule has 4 nitrogen and oxygen atoms in total. The lowest BCUT2D eigenvalue weighted by Crippen LogP contribution is -2.08. The van der Waals surface area contributed by atoms with Crippen LogP contribution in [0.15, 0.2) is 23.4 Å². The van der Waals surface area contributed by atoms with Crippen LogP contribution in [-0.4, -0.2) is 26.4 Å². The lowest BCUT2D eigenvalue weighted by molar-refractivity contribution is -0.133. The first kappa shape index (κ1) is 14.8. The van der Waals surface area contributed by atoms with Gasteiger partial charge in [-0.15, -0.1) is 0 Å². The Morgan fingerprint density at radius 1 is 1.55 bits per heavy atom. The first-order valence-electron chi connectivity index (χ1n) is 6.55. The third-order valence-electron chi connectivity index (χ3n) is 3.09. The van der Waals surface area contributed by atoms with Crippen LogP contribution in [0.5, 0.6) is 0 Å². The number of halogens is 1. The summed E-state index contributed by atoms with van der Waals surface area (Å²) < 4.78 is 15.4. The van der Waals surface area contributed by atoms with Gasteiger partial charge in [-0.25, -0.2) is 9.37 Å². The number of aliphatic carboxylic acids is 1. The number of nitrogens with zero attached hydrogens (tertiary/aromatic N) is 2. The second-order valence-electron chi connectivity index (χ2n) is 4.72. The third-order valence-corrected chi connectivity index (χ3v) is 4.03. The summed E-state index contributed by atoms with van der Waals surface area (Å²) >= 11 is 1.17. The van der Waals surface area contributed by atoms with Crippen LogP contribution in [0, 0.1) is 5.82 Å². The highest BCUT2D eigenvalue weighted by Gasteiger charge is 2.17. The Bertz CT molecular complexity index is 627. The van der Waals surface area contributed by atoms with Gasteiger partial charge in [0.2, 0.25) is 0 Å². The van der Waals surface area contributed by atoms with Crippen LogP contribution in [0.2, 0.25) is 0 Å². The number of thioether (sulfide) groups is 1. The van der Waals surface area contributed by atoms with Gasteiger partial charge in [0, 0.05) is 6.04 Å². The number of hydrogen-bond acceptors (Lipinski definition) is 3. The number of carboxylic acids is 1. The summed E-state index contributed by atoms with van der Waals surface area (Å²) in [6.07, 6.45) is 1.93. The van der Waals surface area contributed by atoms with Gasteiger partial charge in [0.15, 0.2) is 5.16 Å². The number of carbonyl (C=O) groups is 1. The third kappa shape index (κ3) is 3.12. The molecular formula is C14H17FN2O2S. The lowest BCUT2D eigenvalue weighted by atomic mass is 10.2. The van der Waals surface area contributed by atoms with Crippen molar-refractivity contribution in [2.45, 2.75) is 37.9 Å². The van der Waals surface area contributed by atoms with E-state index in [0.717, 1.165) is 18.4 Å². The van der Waals surface area contributed by atoms with Gasteiger partial charge in [0.25, 0.3) is 0 Å². The van der Waals surface area contributed by atoms with Crippen molar-refractivity contribution >= 4 is 28.8 Å². The Morgan fingerprint density at radius 3 is 2.95 bits per heavy atom. The van der Waals surface area contributed by atoms with E-state index in [0.29, 0.717) is 10.7 Å². The summed E-state index contributed by atoms with van der Waals surface area (Å²) in [7, 11) is 0. The topological polar surface area (TPSA) is 55.1 Å². The van der Waals surface area contributed by atoms with E-state index in [1.807, 2.05) is 11.5 Å². The molecule has 0 saturated carbocycles. The summed E-state index contributed by atoms with van der Waals surface area (Å²) in [4.78, 5) is 15.2. The van der Waals surface area contributed by atoms with Crippen molar-refractivity contribution in [3.05, 3.63) is 24.0 Å². The molecule has 2 aromatic rings. The Morgan fingerprint density at radius 2 is 2.30 bits per heavy atom. The average molecular weight is 296 g/mol. The summed E-state index contributed by atoms with van der Waals surface area (Å²) in [5, 5.41) is 9.44. The minimum Gasteiger partial charge on any atom is -0.481 e. The standard InChI is InChI=1S/C14H17FN2O2S/c1-3-4-9(2)17-12-7-10(15)5-6-11(12)16-14(17)20-8-13(18)19/h5-7,9H,3-4,8H2,1-2H3,(H,18,19). The average Bonchev–Trinajstić information content (AvgIpc) is 2.74. The van der Waals surface area contributed by atoms with Crippen LogP contribution in [0.3, 0.4) is 0 Å². The van der Waals surface area contributed by atoms with E-state index in [4.69, 9.17) is 5.11 Å². The van der Waals surface area contributed by atoms with Gasteiger partial charge in [-0.2, -0.15) is 0 Å². The molecule has 1 aromatic heterocycles. The van der Waals surface area contributed by atoms with Crippen LogP contribution in [0.25, 0.3) is 11.0 Å². The van der Waals surface area contributed by atoms with E-state index in [9.17, 15) is 9.18 Å². The largest absolute Gasteiger partial charge is 0.481 e. The first-order chi connectivity index (χ1) is 9.52. The predicted molar refractivity (Wildman–Crippen MR) is 77.7 cm³/mol. The molecule has 0 aliphatic rings. The van der Waals surface area contributed by atoms with Crippen LogP contribution in [-0.2, 0) is 4.79 Å². The molecule has 20 heavy (non-hydrogen) atoms. The molecule has 1 atom stereocenters. The van der Waals surface area contributed by atoms with Crippen molar-refractivity contribution in [3.63, 3.8) is 0 Å². The molecule has 2 rings (SSSR count). The SMILES string of the molecule is CCCC(C)n1c(SCC(=O)O)nc2ccc(F)cc21. The number of rotatable bonds is 6. The zero-order valence-corrected chi connectivity index (χ0v) is 12.3. The molecule has 1 N–H and O–H groups in total. The first-order valence-corrected chi connectivity index (χ1v) is 7.53. The van der Waals surface area contributed by atoms with E-state index in [1.165, 1.54) is 23.9 Å². The van der Waals surface area contributed by atoms with Crippen molar-refractivity contribution in [2.24, 2.45) is 0 Å². The molecule has 0 amide bonds. The second-order valence-corrected chi connectivity index (χ2v) is 5.66. The normalized spacial score (nSPS) is 12.8. The smallest absolute Gasteiger partial charge is 0.313 e. The van der Waals surface area contributed by atoms with E-state index >= 15 is 0 Å². The molecule has 0 spiro atoms. The molecule has 0 bridgehead atoms. The van der Waals surface area contributed by atoms with E-state index in [2.05, 4.69) is 11.9 Å². The van der Waals surface area contributed by atoms with Crippen LogP contribution < -0.4 is 0 Å². The van der Waals surface area contributed by atoms with Crippen molar-refractivity contribution < 1.29 is 14.3 Å². The number of imidazole rings is 1. The van der Waals surface area contributed by atoms with Crippen LogP contribution in [0.1, 0.15) is 32.7 Å². The fraction of sp³-hybridized carbons (Fsp3) is 0.429. The molecule has 0 saturated heterocycles. The van der Waals surface area contributed by atoms with Gasteiger partial charge in [-0.1, -0.05) is 25.1 Å². The predicted octanol–water partition coefficient (Wildman–Crippen LogP) is 3.71. The zero-order chi connectivity index (χ0) is 14.7. The fourth-order valence-corrected chi connectivity index (χ4v) is 3.08. The highest BCUT2D eigenvalue weighted by Crippen LogP contribution is 2.30. The molecule has 1 aromatic carbocycles. The Kier molecular flexibility index (Phi) is 4.65. The lowest BCUT2D eigenvalue weighted by Gasteiger charge is -2.16. The number of carboxylic acid groups (broad SMARTS) is 1. The van der Waals surface area contributed by atoms with Gasteiger partial charge in [0.1, 0.15) is 5.82 Å². The summed E-state index contributed by atoms with van der Waals surface area (Å²) in [6, 6.07) is 4.61. The van der Waals surface area contributed by atoms with Crippen molar-refractivity contribution in [3.8, 4) is 0 Å². The van der Waals surface area contributed by atoms with E-state index < -0.39 is 5.97 Å². The minimum absolute atomic E-state index is 0.0509. The summed E-state index contributed by atoms with van der Waals surface area (Å²) in [6.45, 7) is 4.13. The van der Waals surface area contributed by atoms with Gasteiger partial charge in [-0.3, -0.25) is 4.79 Å². The second kappa shape index (κ2) is 6.26. The maximum Gasteiger partial charge on any atom is 0.313 e. The summed E-state index contributed by atoms with van der Waals surface area (Å²) in [5.41, 5.74) is 1.42. The van der Waals surface area contributed by atoms with E-state index in [1.54, 1.807) is 6.07 Å². The molecule has 6 heteroatoms. The van der Waals surface area contributed by atoms with Crippen molar-refractivity contribution in [2.75, 3.05) is 5.75 Å². The number of aromatic nitrogens is 2. The molecule has 1 unspecified atom stereocenters. The quantitative estimate of drug-likeness (QED) is 0.826. The van der Waals surface area contributed by atoms with E-state index in [-0.39, 0.29) is 17.6 Å². The molecule has 0 aliphatic heterocycles. The summed E-state index contributed by atoms with van der Waals surface area (Å²) in [5.74, 6) is -1.25. The number of benzene rings is 1. The van der Waals surface area contributed by atoms with Gasteiger partial charge in [0.05, 0.1) is 16.8 Å². The number of fused-ring (bicyclic) bond motifs is 1. The fourth-order valence-electron chi connectivity index (χ4n) is 2.24. The highest BCUT2D eigenvalue weighted by molar-refractivity contribution is 7.99. The Labute approximate surface area is 121 Å². The molecule has 108 valence electrons. The Hall–Kier alpha value is -1.56. The van der Waals surface area contributed by atoms with Gasteiger partial charge in [-0.05, 0) is 31.5 Å². The van der Waals surface area contributed by atoms with Crippen LogP contribution in [0.4, 0.5) is 4.39 Å². The molecule has 0 fully saturated rings. The maximum absolute atomic E-state index is 13.4.